The minimum absolute atomic E-state index is 0.0516. The van der Waals surface area contributed by atoms with Gasteiger partial charge in [-0.05, 0) is 48.0 Å². The molecule has 0 saturated carbocycles. The van der Waals surface area contributed by atoms with E-state index < -0.39 is 35.2 Å². The number of carboxylic acids is 1. The fourth-order valence-electron chi connectivity index (χ4n) is 2.88. The molecule has 0 unspecified atom stereocenters. The van der Waals surface area contributed by atoms with Crippen LogP contribution in [0.4, 0.5) is 13.2 Å². The fraction of sp³-hybridized carbons (Fsp3) is 0.238. The second-order valence-corrected chi connectivity index (χ2v) is 7.04. The summed E-state index contributed by atoms with van der Waals surface area (Å²) in [6.07, 6.45) is -1.64. The number of nitrogens with one attached hydrogen (secondary N) is 1. The molecule has 6 nitrogen and oxygen atoms in total. The van der Waals surface area contributed by atoms with Crippen LogP contribution in [0, 0.1) is 0 Å². The van der Waals surface area contributed by atoms with Crippen molar-refractivity contribution >= 4 is 23.5 Å². The molecule has 1 atom stereocenters. The zero-order valence-corrected chi connectivity index (χ0v) is 16.7. The van der Waals surface area contributed by atoms with Crippen LogP contribution in [-0.2, 0) is 17.4 Å². The Morgan fingerprint density at radius 2 is 1.71 bits per heavy atom. The summed E-state index contributed by atoms with van der Waals surface area (Å²) in [7, 11) is 0. The summed E-state index contributed by atoms with van der Waals surface area (Å²) >= 11 is 6.16. The van der Waals surface area contributed by atoms with E-state index in [0.717, 1.165) is 12.1 Å². The summed E-state index contributed by atoms with van der Waals surface area (Å²) in [6, 6.07) is 5.70. The number of ether oxygens (including phenoxy) is 2. The van der Waals surface area contributed by atoms with Gasteiger partial charge in [0.2, 0.25) is 0 Å². The maximum Gasteiger partial charge on any atom is 0.416 e. The number of fused-ring (bicyclic) bond motifs is 9. The number of hydrogen-bond donors (Lipinski definition) is 2. The summed E-state index contributed by atoms with van der Waals surface area (Å²) in [5, 5.41) is 12.0. The number of rotatable bonds is 1. The highest BCUT2D eigenvalue weighted by Gasteiger charge is 2.33. The van der Waals surface area contributed by atoms with Gasteiger partial charge in [0.1, 0.15) is 30.8 Å². The van der Waals surface area contributed by atoms with E-state index in [-0.39, 0.29) is 30.4 Å². The third kappa shape index (κ3) is 5.69. The van der Waals surface area contributed by atoms with Gasteiger partial charge in [-0.15, -0.1) is 0 Å². The van der Waals surface area contributed by atoms with Gasteiger partial charge in [0.25, 0.3) is 5.91 Å². The molecule has 0 fully saturated rings. The third-order valence-corrected chi connectivity index (χ3v) is 4.72. The van der Waals surface area contributed by atoms with Crippen molar-refractivity contribution in [2.24, 2.45) is 0 Å². The minimum atomic E-state index is -4.69. The summed E-state index contributed by atoms with van der Waals surface area (Å²) in [6.45, 7) is 0.102. The van der Waals surface area contributed by atoms with Crippen molar-refractivity contribution in [1.82, 2.24) is 5.32 Å². The van der Waals surface area contributed by atoms with Crippen molar-refractivity contribution in [3.63, 3.8) is 0 Å². The van der Waals surface area contributed by atoms with Crippen LogP contribution >= 0.6 is 11.6 Å². The lowest BCUT2D eigenvalue weighted by Crippen LogP contribution is -2.42. The molecule has 4 rings (SSSR count). The molecule has 2 aromatic carbocycles. The first kappa shape index (κ1) is 22.5. The van der Waals surface area contributed by atoms with E-state index in [1.807, 2.05) is 0 Å². The van der Waals surface area contributed by atoms with Crippen molar-refractivity contribution in [2.75, 3.05) is 13.2 Å². The van der Waals surface area contributed by atoms with Crippen molar-refractivity contribution in [2.45, 2.75) is 18.6 Å². The molecule has 2 aliphatic rings. The van der Waals surface area contributed by atoms with Crippen LogP contribution in [0.3, 0.4) is 0 Å². The standard InChI is InChI=1S/C21H17ClF3NO5/c22-15-9-12-3-5-18(15)31-8-2-1-7-30-17-6-4-13(21(23,24)25)11-14(17)19(27)26-16(10-12)20(28)29/h1-6,9,11,16H,7-8,10H2,(H,26,27)(H,28,29)/b2-1+/t16-/m0/s1. The number of halogens is 4. The summed E-state index contributed by atoms with van der Waals surface area (Å²) in [5.74, 6) is -2.08. The molecule has 2 bridgehead atoms. The van der Waals surface area contributed by atoms with Crippen molar-refractivity contribution < 1.29 is 37.3 Å². The molecule has 164 valence electrons. The van der Waals surface area contributed by atoms with Gasteiger partial charge in [0.05, 0.1) is 16.1 Å². The Morgan fingerprint density at radius 3 is 2.32 bits per heavy atom. The molecular weight excluding hydrogens is 439 g/mol. The summed E-state index contributed by atoms with van der Waals surface area (Å²) in [5.41, 5.74) is -0.989. The molecule has 10 heteroatoms. The first-order chi connectivity index (χ1) is 14.6. The number of aliphatic carboxylic acids is 1. The van der Waals surface area contributed by atoms with E-state index in [4.69, 9.17) is 21.1 Å². The van der Waals surface area contributed by atoms with Gasteiger partial charge in [-0.1, -0.05) is 17.7 Å². The van der Waals surface area contributed by atoms with E-state index in [1.54, 1.807) is 24.3 Å². The van der Waals surface area contributed by atoms with E-state index in [9.17, 15) is 27.9 Å². The van der Waals surface area contributed by atoms with Gasteiger partial charge in [0, 0.05) is 6.42 Å². The van der Waals surface area contributed by atoms with E-state index in [2.05, 4.69) is 5.32 Å². The number of carbonyl (C=O) groups is 2. The van der Waals surface area contributed by atoms with Crippen LogP contribution in [0.5, 0.6) is 11.5 Å². The molecule has 0 aromatic heterocycles. The number of hydrogen-bond acceptors (Lipinski definition) is 4. The number of carboxylic acid groups (broad SMARTS) is 1. The first-order valence-electron chi connectivity index (χ1n) is 9.09. The number of amides is 1. The Bertz CT molecular complexity index is 1020. The van der Waals surface area contributed by atoms with Gasteiger partial charge in [-0.2, -0.15) is 13.2 Å². The molecule has 0 saturated heterocycles. The largest absolute Gasteiger partial charge is 0.489 e. The predicted molar refractivity (Wildman–Crippen MR) is 106 cm³/mol. The lowest BCUT2D eigenvalue weighted by Gasteiger charge is -2.18. The third-order valence-electron chi connectivity index (χ3n) is 4.43. The topological polar surface area (TPSA) is 84.9 Å². The van der Waals surface area contributed by atoms with Gasteiger partial charge >= 0.3 is 12.1 Å². The predicted octanol–water partition coefficient (Wildman–Crippen LogP) is 4.11. The minimum Gasteiger partial charge on any atom is -0.489 e. The number of benzene rings is 2. The lowest BCUT2D eigenvalue weighted by atomic mass is 10.0. The van der Waals surface area contributed by atoms with E-state index >= 15 is 0 Å². The monoisotopic (exact) mass is 455 g/mol. The second kappa shape index (κ2) is 9.30. The SMILES string of the molecule is O=C1N[C@H](C(=O)O)Cc2ccc(c(Cl)c2)OC/C=C/COc2ccc(C(F)(F)F)cc21. The maximum absolute atomic E-state index is 13.1. The van der Waals surface area contributed by atoms with Gasteiger partial charge < -0.3 is 19.9 Å². The molecule has 2 N–H and O–H groups in total. The van der Waals surface area contributed by atoms with Gasteiger partial charge in [-0.25, -0.2) is 4.79 Å². The van der Waals surface area contributed by atoms with Crippen LogP contribution < -0.4 is 14.8 Å². The van der Waals surface area contributed by atoms with Crippen molar-refractivity contribution in [1.29, 1.82) is 0 Å². The molecule has 2 heterocycles. The van der Waals surface area contributed by atoms with Crippen LogP contribution in [0.2, 0.25) is 5.02 Å². The van der Waals surface area contributed by atoms with Crippen LogP contribution in [0.25, 0.3) is 0 Å². The Hall–Kier alpha value is -3.20. The van der Waals surface area contributed by atoms with Crippen LogP contribution in [0.1, 0.15) is 21.5 Å². The molecule has 0 radical (unpaired) electrons. The number of alkyl halides is 3. The fourth-order valence-corrected chi connectivity index (χ4v) is 3.14. The first-order valence-corrected chi connectivity index (χ1v) is 9.47. The molecule has 1 amide bonds. The lowest BCUT2D eigenvalue weighted by molar-refractivity contribution is -0.139. The average Bonchev–Trinajstić information content (AvgIpc) is 2.69. The molecular formula is C21H17ClF3NO5. The van der Waals surface area contributed by atoms with Crippen molar-refractivity contribution in [3.8, 4) is 11.5 Å². The molecule has 2 aromatic rings. The van der Waals surface area contributed by atoms with Crippen molar-refractivity contribution in [3.05, 3.63) is 70.3 Å². The average molecular weight is 456 g/mol. The van der Waals surface area contributed by atoms with Gasteiger partial charge in [-0.3, -0.25) is 4.79 Å². The smallest absolute Gasteiger partial charge is 0.416 e. The van der Waals surface area contributed by atoms with E-state index in [1.165, 1.54) is 6.07 Å². The molecule has 0 spiro atoms. The molecule has 0 aliphatic carbocycles. The maximum atomic E-state index is 13.1. The summed E-state index contributed by atoms with van der Waals surface area (Å²) in [4.78, 5) is 24.4. The highest BCUT2D eigenvalue weighted by molar-refractivity contribution is 6.32. The van der Waals surface area contributed by atoms with Gasteiger partial charge in [0.15, 0.2) is 0 Å². The Kier molecular flexibility index (Phi) is 6.74. The van der Waals surface area contributed by atoms with Crippen LogP contribution in [-0.4, -0.2) is 36.2 Å². The summed E-state index contributed by atoms with van der Waals surface area (Å²) < 4.78 is 50.3. The highest BCUT2D eigenvalue weighted by Crippen LogP contribution is 2.33. The number of carbonyl (C=O) groups excluding carboxylic acids is 1. The highest BCUT2D eigenvalue weighted by atomic mass is 35.5. The van der Waals surface area contributed by atoms with Crippen LogP contribution in [0.15, 0.2) is 48.6 Å². The molecule has 31 heavy (non-hydrogen) atoms. The zero-order valence-electron chi connectivity index (χ0n) is 15.9. The second-order valence-electron chi connectivity index (χ2n) is 6.64. The Balaban J connectivity index is 2.00. The quantitative estimate of drug-likeness (QED) is 0.632. The van der Waals surface area contributed by atoms with E-state index in [0.29, 0.717) is 17.4 Å². The Labute approximate surface area is 180 Å². The Morgan fingerprint density at radius 1 is 1.06 bits per heavy atom. The normalized spacial score (nSPS) is 18.3. The zero-order chi connectivity index (χ0) is 22.6. The molecule has 2 aliphatic heterocycles.